The second-order valence-corrected chi connectivity index (χ2v) is 8.88. The number of ether oxygens (including phenoxy) is 1. The normalized spacial score (nSPS) is 21.9. The van der Waals surface area contributed by atoms with Crippen molar-refractivity contribution in [1.82, 2.24) is 14.8 Å². The Kier molecular flexibility index (Phi) is 5.64. The minimum atomic E-state index is -1.04. The van der Waals surface area contributed by atoms with Crippen molar-refractivity contribution in [3.63, 3.8) is 0 Å². The largest absolute Gasteiger partial charge is 0.354 e. The van der Waals surface area contributed by atoms with E-state index in [0.29, 0.717) is 10.3 Å². The summed E-state index contributed by atoms with van der Waals surface area (Å²) in [5.41, 5.74) is -0.00530. The third-order valence-electron chi connectivity index (χ3n) is 5.12. The topological polar surface area (TPSA) is 43.2 Å². The maximum atomic E-state index is 14.8. The van der Waals surface area contributed by atoms with Gasteiger partial charge in [-0.3, -0.25) is 0 Å². The Labute approximate surface area is 177 Å². The van der Waals surface area contributed by atoms with Gasteiger partial charge in [-0.1, -0.05) is 61.5 Å². The summed E-state index contributed by atoms with van der Waals surface area (Å²) in [7, 11) is 0. The summed E-state index contributed by atoms with van der Waals surface area (Å²) in [5.74, 6) is -1.29. The summed E-state index contributed by atoms with van der Waals surface area (Å²) in [5, 5.41) is 5.95. The van der Waals surface area contributed by atoms with Crippen LogP contribution < -0.4 is 0 Å². The summed E-state index contributed by atoms with van der Waals surface area (Å²) in [6, 6.07) is 10.8. The molecule has 1 aliphatic rings. The molecule has 4 rings (SSSR count). The lowest BCUT2D eigenvalue weighted by atomic mass is 9.91. The van der Waals surface area contributed by atoms with Crippen molar-refractivity contribution in [2.24, 2.45) is 0 Å². The molecule has 1 saturated heterocycles. The standard InChI is InChI=1S/C21H20ClF2N3OS/c1-3-13(2)29-20-25-12-26-27(20)11-21(16-9-8-14(23)10-18(16)24)19(28-21)15-6-4-5-7-17(15)22/h4-10,12-13,19H,3,11H2,1-2H3/t13?,19-,21+/m1/s1. The molecule has 2 heterocycles. The van der Waals surface area contributed by atoms with E-state index in [2.05, 4.69) is 23.9 Å². The lowest BCUT2D eigenvalue weighted by Gasteiger charge is -2.17. The first-order valence-electron chi connectivity index (χ1n) is 9.37. The zero-order valence-electron chi connectivity index (χ0n) is 16.0. The number of thioether (sulfide) groups is 1. The number of rotatable bonds is 7. The smallest absolute Gasteiger partial charge is 0.186 e. The Balaban J connectivity index is 1.74. The highest BCUT2D eigenvalue weighted by molar-refractivity contribution is 7.99. The average molecular weight is 436 g/mol. The highest BCUT2D eigenvalue weighted by Gasteiger charge is 2.61. The molecule has 0 aliphatic carbocycles. The number of hydrogen-bond donors (Lipinski definition) is 0. The molecular weight excluding hydrogens is 416 g/mol. The van der Waals surface area contributed by atoms with E-state index in [9.17, 15) is 8.78 Å². The van der Waals surface area contributed by atoms with E-state index in [1.807, 2.05) is 18.2 Å². The number of nitrogens with zero attached hydrogens (tertiary/aromatic N) is 3. The maximum Gasteiger partial charge on any atom is 0.186 e. The number of hydrogen-bond acceptors (Lipinski definition) is 4. The predicted octanol–water partition coefficient (Wildman–Crippen LogP) is 5.77. The molecule has 8 heteroatoms. The van der Waals surface area contributed by atoms with Crippen LogP contribution >= 0.6 is 23.4 Å². The van der Waals surface area contributed by atoms with Gasteiger partial charge in [-0.15, -0.1) is 0 Å². The quantitative estimate of drug-likeness (QED) is 0.349. The van der Waals surface area contributed by atoms with Crippen LogP contribution in [0.5, 0.6) is 0 Å². The van der Waals surface area contributed by atoms with Gasteiger partial charge >= 0.3 is 0 Å². The van der Waals surface area contributed by atoms with Crippen LogP contribution in [0.3, 0.4) is 0 Å². The van der Waals surface area contributed by atoms with Crippen LogP contribution in [0.25, 0.3) is 0 Å². The first-order valence-corrected chi connectivity index (χ1v) is 10.6. The van der Waals surface area contributed by atoms with Gasteiger partial charge in [0, 0.05) is 27.5 Å². The minimum absolute atomic E-state index is 0.240. The molecule has 3 aromatic rings. The molecule has 0 amide bonds. The number of aromatic nitrogens is 3. The monoisotopic (exact) mass is 435 g/mol. The van der Waals surface area contributed by atoms with Crippen LogP contribution in [0.2, 0.25) is 5.02 Å². The van der Waals surface area contributed by atoms with Gasteiger partial charge in [0.25, 0.3) is 0 Å². The Morgan fingerprint density at radius 2 is 2.07 bits per heavy atom. The Morgan fingerprint density at radius 1 is 1.28 bits per heavy atom. The molecule has 4 nitrogen and oxygen atoms in total. The highest BCUT2D eigenvalue weighted by Crippen LogP contribution is 2.59. The third kappa shape index (κ3) is 3.91. The van der Waals surface area contributed by atoms with E-state index in [0.717, 1.165) is 23.2 Å². The van der Waals surface area contributed by atoms with Crippen LogP contribution in [0.1, 0.15) is 37.5 Å². The van der Waals surface area contributed by atoms with E-state index in [1.54, 1.807) is 22.5 Å². The summed E-state index contributed by atoms with van der Waals surface area (Å²) >= 11 is 7.97. The van der Waals surface area contributed by atoms with Gasteiger partial charge in [-0.25, -0.2) is 18.4 Å². The fourth-order valence-corrected chi connectivity index (χ4v) is 4.46. The molecule has 0 saturated carbocycles. The van der Waals surface area contributed by atoms with E-state index in [1.165, 1.54) is 18.5 Å². The number of epoxide rings is 1. The van der Waals surface area contributed by atoms with Crippen LogP contribution in [0.15, 0.2) is 53.9 Å². The zero-order chi connectivity index (χ0) is 20.6. The van der Waals surface area contributed by atoms with E-state index in [-0.39, 0.29) is 12.1 Å². The number of halogens is 3. The van der Waals surface area contributed by atoms with E-state index in [4.69, 9.17) is 16.3 Å². The molecule has 29 heavy (non-hydrogen) atoms. The Hall–Kier alpha value is -1.96. The fourth-order valence-electron chi connectivity index (χ4n) is 3.36. The number of benzene rings is 2. The summed E-state index contributed by atoms with van der Waals surface area (Å²) in [4.78, 5) is 4.34. The average Bonchev–Trinajstić information content (AvgIpc) is 3.24. The first-order chi connectivity index (χ1) is 13.9. The maximum absolute atomic E-state index is 14.8. The SMILES string of the molecule is CCC(C)Sc1ncnn1C[C@@]1(c2ccc(F)cc2F)O[C@@H]1c1ccccc1Cl. The van der Waals surface area contributed by atoms with Gasteiger partial charge < -0.3 is 4.74 Å². The van der Waals surface area contributed by atoms with E-state index >= 15 is 0 Å². The lowest BCUT2D eigenvalue weighted by molar-refractivity contribution is 0.250. The second-order valence-electron chi connectivity index (χ2n) is 7.07. The summed E-state index contributed by atoms with van der Waals surface area (Å²) < 4.78 is 36.1. The second kappa shape index (κ2) is 8.05. The molecule has 1 aliphatic heterocycles. The fraction of sp³-hybridized carbons (Fsp3) is 0.333. The van der Waals surface area contributed by atoms with Gasteiger partial charge in [0.15, 0.2) is 5.16 Å². The van der Waals surface area contributed by atoms with Crippen molar-refractivity contribution < 1.29 is 13.5 Å². The van der Waals surface area contributed by atoms with Crippen molar-refractivity contribution in [1.29, 1.82) is 0 Å². The highest BCUT2D eigenvalue weighted by atomic mass is 35.5. The van der Waals surface area contributed by atoms with Crippen molar-refractivity contribution in [3.05, 3.63) is 76.6 Å². The molecule has 0 spiro atoms. The Morgan fingerprint density at radius 3 is 2.79 bits per heavy atom. The van der Waals surface area contributed by atoms with Crippen LogP contribution in [-0.4, -0.2) is 20.0 Å². The van der Waals surface area contributed by atoms with Gasteiger partial charge in [0.1, 0.15) is 29.7 Å². The minimum Gasteiger partial charge on any atom is -0.354 e. The lowest BCUT2D eigenvalue weighted by Crippen LogP contribution is -2.22. The first kappa shape index (κ1) is 20.3. The molecule has 3 atom stereocenters. The van der Waals surface area contributed by atoms with Crippen molar-refractivity contribution >= 4 is 23.4 Å². The molecule has 0 N–H and O–H groups in total. The predicted molar refractivity (Wildman–Crippen MR) is 109 cm³/mol. The van der Waals surface area contributed by atoms with E-state index < -0.39 is 23.3 Å². The molecule has 0 radical (unpaired) electrons. The summed E-state index contributed by atoms with van der Waals surface area (Å²) in [6.07, 6.45) is 1.99. The van der Waals surface area contributed by atoms with Crippen LogP contribution in [-0.2, 0) is 16.9 Å². The molecule has 1 aromatic heterocycles. The summed E-state index contributed by atoms with van der Waals surface area (Å²) in [6.45, 7) is 4.45. The van der Waals surface area contributed by atoms with Crippen LogP contribution in [0, 0.1) is 11.6 Å². The van der Waals surface area contributed by atoms with Crippen molar-refractivity contribution in [2.45, 2.75) is 48.9 Å². The molecule has 2 aromatic carbocycles. The molecule has 152 valence electrons. The molecular formula is C21H20ClF2N3OS. The zero-order valence-corrected chi connectivity index (χ0v) is 17.6. The van der Waals surface area contributed by atoms with Crippen molar-refractivity contribution in [3.8, 4) is 0 Å². The third-order valence-corrected chi connectivity index (χ3v) is 6.72. The van der Waals surface area contributed by atoms with Gasteiger partial charge in [0.05, 0.1) is 6.54 Å². The van der Waals surface area contributed by atoms with Crippen molar-refractivity contribution in [2.75, 3.05) is 0 Å². The van der Waals surface area contributed by atoms with Crippen LogP contribution in [0.4, 0.5) is 8.78 Å². The molecule has 0 bridgehead atoms. The Bertz CT molecular complexity index is 1030. The molecule has 1 unspecified atom stereocenters. The van der Waals surface area contributed by atoms with Gasteiger partial charge in [-0.2, -0.15) is 5.10 Å². The molecule has 1 fully saturated rings. The van der Waals surface area contributed by atoms with Gasteiger partial charge in [0.2, 0.25) is 0 Å². The van der Waals surface area contributed by atoms with Gasteiger partial charge in [-0.05, 0) is 18.6 Å².